The van der Waals surface area contributed by atoms with Crippen LogP contribution in [0.25, 0.3) is 0 Å². The van der Waals surface area contributed by atoms with Gasteiger partial charge in [0, 0.05) is 70.8 Å². The number of carbonyl (C=O) groups is 7. The molecule has 0 rings (SSSR count). The zero-order valence-corrected chi connectivity index (χ0v) is 60.0. The van der Waals surface area contributed by atoms with E-state index in [-0.39, 0.29) is 84.8 Å². The molecule has 7 amide bonds. The normalized spacial score (nSPS) is 12.2. The summed E-state index contributed by atoms with van der Waals surface area (Å²) in [5, 5.41) is 30.5. The highest BCUT2D eigenvalue weighted by Gasteiger charge is 2.27. The number of nitrogens with two attached hydrogens (primary N) is 2. The number of allylic oxidation sites excluding steroid dienone is 6. The fraction of sp³-hybridized carbons (Fsp3) is 0.761. The van der Waals surface area contributed by atoms with Gasteiger partial charge in [0.25, 0.3) is 0 Å². The summed E-state index contributed by atoms with van der Waals surface area (Å²) >= 11 is 0. The molecular weight excluding hydrogens is 1240 g/mol. The third kappa shape index (κ3) is 67.4. The zero-order valence-electron chi connectivity index (χ0n) is 60.0. The van der Waals surface area contributed by atoms with E-state index >= 15 is 0 Å². The molecule has 97 heavy (non-hydrogen) atoms. The lowest BCUT2D eigenvalue weighted by molar-refractivity contribution is -0.131. The molecule has 0 aromatic carbocycles. The fourth-order valence-electron chi connectivity index (χ4n) is 9.73. The topological polar surface area (TPSA) is 369 Å². The second kappa shape index (κ2) is 71.8. The molecular formula is C71H132N16O10. The number of unbranched alkanes of at least 4 members (excludes halogenated alkanes) is 30. The SMILES string of the molecule is CCCCCC/C=C\CCCCCCC/C=N/NOCC(=O)NCCNC(=O)CC[C@H](N=C(N)N)C(=O)N[C@@H](CCC(=O)NCCNC(=O)CON/N=C/CCCCCCC/C=C\CCCCCC)C(=O)NCCNC(=O)CON/N=C/CCCCCCC/C=C\CCCCCC. The Morgan fingerprint density at radius 3 is 0.938 bits per heavy atom. The molecule has 0 aromatic rings. The van der Waals surface area contributed by atoms with Crippen LogP contribution in [0.4, 0.5) is 0 Å². The highest BCUT2D eigenvalue weighted by Crippen LogP contribution is 2.13. The highest BCUT2D eigenvalue weighted by molar-refractivity contribution is 5.92. The molecule has 26 nitrogen and oxygen atoms in total. The minimum absolute atomic E-state index is 0.000242. The van der Waals surface area contributed by atoms with Crippen LogP contribution in [-0.4, -0.2) is 137 Å². The maximum atomic E-state index is 13.7. The van der Waals surface area contributed by atoms with Gasteiger partial charge in [-0.2, -0.15) is 32.1 Å². The summed E-state index contributed by atoms with van der Waals surface area (Å²) in [7, 11) is 0. The lowest BCUT2D eigenvalue weighted by Gasteiger charge is -2.21. The second-order valence-electron chi connectivity index (χ2n) is 24.3. The molecule has 0 spiro atoms. The highest BCUT2D eigenvalue weighted by atomic mass is 16.7. The monoisotopic (exact) mass is 1370 g/mol. The van der Waals surface area contributed by atoms with Crippen molar-refractivity contribution in [2.24, 2.45) is 31.8 Å². The number of amides is 7. The number of hydrazone groups is 3. The molecule has 0 aromatic heterocycles. The maximum absolute atomic E-state index is 13.7. The maximum Gasteiger partial charge on any atom is 0.248 e. The molecule has 0 fully saturated rings. The molecule has 14 N–H and O–H groups in total. The van der Waals surface area contributed by atoms with Crippen LogP contribution >= 0.6 is 0 Å². The molecule has 0 aliphatic carbocycles. The third-order valence-corrected chi connectivity index (χ3v) is 15.4. The molecule has 0 radical (unpaired) electrons. The van der Waals surface area contributed by atoms with E-state index in [4.69, 9.17) is 26.0 Å². The first-order valence-corrected chi connectivity index (χ1v) is 37.0. The number of hydrogen-bond acceptors (Lipinski definition) is 17. The van der Waals surface area contributed by atoms with Crippen LogP contribution < -0.4 is 65.5 Å². The van der Waals surface area contributed by atoms with E-state index in [1.54, 1.807) is 18.6 Å². The summed E-state index contributed by atoms with van der Waals surface area (Å²) in [4.78, 5) is 110. The summed E-state index contributed by atoms with van der Waals surface area (Å²) in [6, 6.07) is -2.60. The van der Waals surface area contributed by atoms with Crippen molar-refractivity contribution in [3.63, 3.8) is 0 Å². The van der Waals surface area contributed by atoms with Gasteiger partial charge in [-0.05, 0) is 128 Å². The van der Waals surface area contributed by atoms with Gasteiger partial charge in [0.15, 0.2) is 25.8 Å². The number of hydrogen-bond donors (Lipinski definition) is 12. The van der Waals surface area contributed by atoms with Crippen LogP contribution in [0.15, 0.2) is 56.8 Å². The van der Waals surface area contributed by atoms with Crippen LogP contribution in [0.5, 0.6) is 0 Å². The molecule has 0 aliphatic rings. The molecule has 26 heteroatoms. The van der Waals surface area contributed by atoms with E-state index in [9.17, 15) is 33.6 Å². The first kappa shape index (κ1) is 90.1. The first-order chi connectivity index (χ1) is 47.4. The van der Waals surface area contributed by atoms with Crippen molar-refractivity contribution in [1.82, 2.24) is 54.0 Å². The molecule has 0 unspecified atom stereocenters. The van der Waals surface area contributed by atoms with Crippen LogP contribution in [0.2, 0.25) is 0 Å². The largest absolute Gasteiger partial charge is 0.370 e. The minimum Gasteiger partial charge on any atom is -0.370 e. The predicted molar refractivity (Wildman–Crippen MR) is 391 cm³/mol. The third-order valence-electron chi connectivity index (χ3n) is 15.4. The van der Waals surface area contributed by atoms with Crippen molar-refractivity contribution >= 4 is 66.0 Å². The Morgan fingerprint density at radius 2 is 0.619 bits per heavy atom. The number of carbonyl (C=O) groups excluding carboxylic acids is 7. The predicted octanol–water partition coefficient (Wildman–Crippen LogP) is 9.66. The standard InChI is InChI=1S/C71H132N16O10/c1-4-7-10-13-16-19-22-25-28-31-34-37-40-43-50-80-85-95-59-66(90)76-55-53-74-64(88)48-46-62(69(93)79-58-57-78-68(92)61-97-87-82-52-45-42-39-36-33-30-27-24-21-18-15-12-9-6-3)83-70(94)63(84-71(72)73)47-49-65(89)75-54-56-77-67(91)60-96-86-81-51-44-41-38-35-32-29-26-23-20-17-14-11-8-5-2/h19-24,50-52,62-63,85-87H,4-18,25-49,53-61H2,1-3H3,(H,74,88)(H,75,89)(H,76,90)(H,77,91)(H,78,92)(H,79,93)(H,83,94)(H4,72,73,84)/b22-19-,23-20-,24-21-,80-50+,81-51+,82-52+/t62-,63-/m0/s1. The van der Waals surface area contributed by atoms with E-state index in [0.717, 1.165) is 77.0 Å². The van der Waals surface area contributed by atoms with Gasteiger partial charge in [0.1, 0.15) is 12.1 Å². The molecule has 2 atom stereocenters. The van der Waals surface area contributed by atoms with Gasteiger partial charge in [-0.3, -0.25) is 33.6 Å². The van der Waals surface area contributed by atoms with Crippen molar-refractivity contribution in [2.75, 3.05) is 59.1 Å². The second-order valence-corrected chi connectivity index (χ2v) is 24.3. The Hall–Kier alpha value is -6.93. The van der Waals surface area contributed by atoms with Gasteiger partial charge < -0.3 is 48.7 Å². The van der Waals surface area contributed by atoms with E-state index in [0.29, 0.717) is 0 Å². The van der Waals surface area contributed by atoms with E-state index in [1.807, 2.05) is 0 Å². The summed E-state index contributed by atoms with van der Waals surface area (Å²) in [5.41, 5.74) is 18.6. The fourth-order valence-corrected chi connectivity index (χ4v) is 9.73. The van der Waals surface area contributed by atoms with E-state index in [1.165, 1.54) is 154 Å². The van der Waals surface area contributed by atoms with Gasteiger partial charge in [-0.15, -0.1) is 0 Å². The van der Waals surface area contributed by atoms with E-state index in [2.05, 4.69) is 132 Å². The summed E-state index contributed by atoms with van der Waals surface area (Å²) in [6.45, 7) is 5.96. The lowest BCUT2D eigenvalue weighted by atomic mass is 10.1. The lowest BCUT2D eigenvalue weighted by Crippen LogP contribution is -2.51. The van der Waals surface area contributed by atoms with Crippen LogP contribution in [0.3, 0.4) is 0 Å². The number of rotatable bonds is 70. The quantitative estimate of drug-likeness (QED) is 0.00886. The van der Waals surface area contributed by atoms with Crippen LogP contribution in [0.1, 0.15) is 278 Å². The Labute approximate surface area is 582 Å². The number of guanidine groups is 1. The molecule has 0 saturated heterocycles. The minimum atomic E-state index is -1.31. The average molecular weight is 1370 g/mol. The smallest absolute Gasteiger partial charge is 0.248 e. The van der Waals surface area contributed by atoms with Gasteiger partial charge in [-0.25, -0.2) is 19.5 Å². The van der Waals surface area contributed by atoms with E-state index < -0.39 is 59.4 Å². The Kier molecular flexibility index (Phi) is 66.7. The van der Waals surface area contributed by atoms with Gasteiger partial charge >= 0.3 is 0 Å². The van der Waals surface area contributed by atoms with Crippen molar-refractivity contribution in [3.8, 4) is 0 Å². The van der Waals surface area contributed by atoms with Gasteiger partial charge in [-0.1, -0.05) is 173 Å². The number of nitrogens with zero attached hydrogens (tertiary/aromatic N) is 4. The van der Waals surface area contributed by atoms with Gasteiger partial charge in [0.05, 0.1) is 0 Å². The van der Waals surface area contributed by atoms with Crippen molar-refractivity contribution in [3.05, 3.63) is 36.5 Å². The molecule has 0 aliphatic heterocycles. The average Bonchev–Trinajstić information content (AvgIpc) is 1.39. The van der Waals surface area contributed by atoms with Crippen molar-refractivity contribution in [1.29, 1.82) is 0 Å². The molecule has 0 heterocycles. The van der Waals surface area contributed by atoms with Crippen molar-refractivity contribution < 1.29 is 48.1 Å². The first-order valence-electron chi connectivity index (χ1n) is 37.0. The van der Waals surface area contributed by atoms with Crippen LogP contribution in [0, 0.1) is 0 Å². The summed E-state index contributed by atoms with van der Waals surface area (Å²) < 4.78 is 0. The van der Waals surface area contributed by atoms with Crippen molar-refractivity contribution in [2.45, 2.75) is 290 Å². The molecule has 0 saturated carbocycles. The Morgan fingerprint density at radius 1 is 0.340 bits per heavy atom. The van der Waals surface area contributed by atoms with Crippen LogP contribution in [-0.2, 0) is 48.1 Å². The Bertz CT molecular complexity index is 2180. The summed E-state index contributed by atoms with van der Waals surface area (Å²) in [6.07, 6.45) is 60.2. The number of nitrogens with one attached hydrogen (secondary N) is 10. The summed E-state index contributed by atoms with van der Waals surface area (Å²) in [5.74, 6) is -4.23. The number of aliphatic imine (C=N–C) groups is 1. The zero-order chi connectivity index (χ0) is 70.8. The van der Waals surface area contributed by atoms with Gasteiger partial charge in [0.2, 0.25) is 41.4 Å². The molecule has 556 valence electrons. The Balaban J connectivity index is 4.98. The molecule has 0 bridgehead atoms.